The number of hydrogen-bond acceptors (Lipinski definition) is 4. The molecule has 2 rings (SSSR count). The number of nitrogens with one attached hydrogen (secondary N) is 1. The van der Waals surface area contributed by atoms with E-state index in [1.807, 2.05) is 24.3 Å². The first-order chi connectivity index (χ1) is 11.2. The van der Waals surface area contributed by atoms with Gasteiger partial charge in [0.1, 0.15) is 5.75 Å². The van der Waals surface area contributed by atoms with Gasteiger partial charge in [0.2, 0.25) is 0 Å². The minimum absolute atomic E-state index is 0.224. The second-order valence-electron chi connectivity index (χ2n) is 5.94. The third-order valence-electron chi connectivity index (χ3n) is 4.26. The minimum atomic E-state index is -0.301. The van der Waals surface area contributed by atoms with Crippen molar-refractivity contribution in [1.29, 1.82) is 0 Å². The Morgan fingerprint density at radius 1 is 1.22 bits per heavy atom. The molecule has 5 nitrogen and oxygen atoms in total. The van der Waals surface area contributed by atoms with E-state index in [1.165, 1.54) is 25.7 Å². The van der Waals surface area contributed by atoms with Gasteiger partial charge in [-0.3, -0.25) is 9.59 Å². The van der Waals surface area contributed by atoms with E-state index in [0.29, 0.717) is 18.9 Å². The van der Waals surface area contributed by atoms with Gasteiger partial charge in [-0.15, -0.1) is 0 Å². The number of carbonyl (C=O) groups excluding carboxylic acids is 2. The average Bonchev–Trinajstić information content (AvgIpc) is 3.10. The average molecular weight is 319 g/mol. The van der Waals surface area contributed by atoms with Crippen LogP contribution in [0.15, 0.2) is 24.3 Å². The maximum Gasteiger partial charge on any atom is 0.306 e. The van der Waals surface area contributed by atoms with Crippen molar-refractivity contribution in [2.75, 3.05) is 13.7 Å². The van der Waals surface area contributed by atoms with Crippen LogP contribution >= 0.6 is 0 Å². The Morgan fingerprint density at radius 2 is 1.96 bits per heavy atom. The standard InChI is InChI=1S/C18H25NO4/c1-22-16-9-5-4-8-15(16)12-19-17(20)13-23-18(21)11-10-14-6-2-3-7-14/h4-5,8-9,14H,2-3,6-7,10-13H2,1H3,(H,19,20). The predicted molar refractivity (Wildman–Crippen MR) is 87.0 cm³/mol. The SMILES string of the molecule is COc1ccccc1CNC(=O)COC(=O)CCC1CCCC1. The molecule has 23 heavy (non-hydrogen) atoms. The molecule has 1 aromatic carbocycles. The largest absolute Gasteiger partial charge is 0.496 e. The van der Waals surface area contributed by atoms with Gasteiger partial charge < -0.3 is 14.8 Å². The van der Waals surface area contributed by atoms with Gasteiger partial charge in [-0.25, -0.2) is 0 Å². The van der Waals surface area contributed by atoms with Crippen molar-refractivity contribution >= 4 is 11.9 Å². The summed E-state index contributed by atoms with van der Waals surface area (Å²) >= 11 is 0. The fourth-order valence-corrected chi connectivity index (χ4v) is 2.93. The van der Waals surface area contributed by atoms with Crippen LogP contribution in [0, 0.1) is 5.92 Å². The molecule has 0 saturated heterocycles. The lowest BCUT2D eigenvalue weighted by Crippen LogP contribution is -2.28. The van der Waals surface area contributed by atoms with Crippen LogP contribution in [-0.2, 0) is 20.9 Å². The molecule has 1 amide bonds. The van der Waals surface area contributed by atoms with Gasteiger partial charge in [0.05, 0.1) is 7.11 Å². The summed E-state index contributed by atoms with van der Waals surface area (Å²) in [6.45, 7) is 0.126. The summed E-state index contributed by atoms with van der Waals surface area (Å²) in [5.74, 6) is 0.790. The zero-order valence-electron chi connectivity index (χ0n) is 13.7. The van der Waals surface area contributed by atoms with E-state index in [-0.39, 0.29) is 18.5 Å². The molecule has 0 radical (unpaired) electrons. The number of hydrogen-bond donors (Lipinski definition) is 1. The van der Waals surface area contributed by atoms with Crippen molar-refractivity contribution in [2.45, 2.75) is 45.1 Å². The van der Waals surface area contributed by atoms with Crippen LogP contribution < -0.4 is 10.1 Å². The highest BCUT2D eigenvalue weighted by Gasteiger charge is 2.17. The summed E-state index contributed by atoms with van der Waals surface area (Å²) in [6.07, 6.45) is 6.25. The van der Waals surface area contributed by atoms with Crippen molar-refractivity contribution < 1.29 is 19.1 Å². The zero-order chi connectivity index (χ0) is 16.5. The molecule has 1 N–H and O–H groups in total. The molecular formula is C18H25NO4. The van der Waals surface area contributed by atoms with Crippen LogP contribution in [0.4, 0.5) is 0 Å². The summed E-state index contributed by atoms with van der Waals surface area (Å²) in [5, 5.41) is 2.73. The Labute approximate surface area is 137 Å². The maximum atomic E-state index is 11.8. The Morgan fingerprint density at radius 3 is 2.70 bits per heavy atom. The lowest BCUT2D eigenvalue weighted by molar-refractivity contribution is -0.148. The normalized spacial score (nSPS) is 14.5. The van der Waals surface area contributed by atoms with Gasteiger partial charge in [-0.05, 0) is 18.4 Å². The van der Waals surface area contributed by atoms with Gasteiger partial charge >= 0.3 is 5.97 Å². The van der Waals surface area contributed by atoms with Crippen molar-refractivity contribution in [3.63, 3.8) is 0 Å². The quantitative estimate of drug-likeness (QED) is 0.748. The van der Waals surface area contributed by atoms with Gasteiger partial charge in [-0.2, -0.15) is 0 Å². The lowest BCUT2D eigenvalue weighted by atomic mass is 10.0. The third kappa shape index (κ3) is 5.93. The number of rotatable bonds is 8. The first-order valence-corrected chi connectivity index (χ1v) is 8.23. The van der Waals surface area contributed by atoms with Crippen LogP contribution in [0.1, 0.15) is 44.1 Å². The van der Waals surface area contributed by atoms with Crippen LogP contribution in [0.3, 0.4) is 0 Å². The molecule has 1 aliphatic rings. The third-order valence-corrected chi connectivity index (χ3v) is 4.26. The van der Waals surface area contributed by atoms with Gasteiger partial charge in [-0.1, -0.05) is 43.9 Å². The molecule has 0 unspecified atom stereocenters. The lowest BCUT2D eigenvalue weighted by Gasteiger charge is -2.10. The molecule has 1 fully saturated rings. The molecule has 1 aliphatic carbocycles. The molecular weight excluding hydrogens is 294 g/mol. The molecule has 5 heteroatoms. The predicted octanol–water partition coefficient (Wildman–Crippen LogP) is 2.83. The number of methoxy groups -OCH3 is 1. The van der Waals surface area contributed by atoms with E-state index in [2.05, 4.69) is 5.32 Å². The highest BCUT2D eigenvalue weighted by molar-refractivity contribution is 5.80. The molecule has 0 aromatic heterocycles. The molecule has 0 heterocycles. The Kier molecular flexibility index (Phi) is 6.91. The van der Waals surface area contributed by atoms with Crippen LogP contribution in [0.2, 0.25) is 0 Å². The van der Waals surface area contributed by atoms with Crippen molar-refractivity contribution in [3.8, 4) is 5.75 Å². The Balaban J connectivity index is 1.63. The second kappa shape index (κ2) is 9.18. The number of amides is 1. The fourth-order valence-electron chi connectivity index (χ4n) is 2.93. The summed E-state index contributed by atoms with van der Waals surface area (Å²) in [7, 11) is 1.59. The zero-order valence-corrected chi connectivity index (χ0v) is 13.7. The van der Waals surface area contributed by atoms with Gasteiger partial charge in [0.15, 0.2) is 6.61 Å². The number of carbonyl (C=O) groups is 2. The van der Waals surface area contributed by atoms with Crippen molar-refractivity contribution in [2.24, 2.45) is 5.92 Å². The van der Waals surface area contributed by atoms with Crippen molar-refractivity contribution in [1.82, 2.24) is 5.32 Å². The molecule has 1 aromatic rings. The molecule has 0 bridgehead atoms. The minimum Gasteiger partial charge on any atom is -0.496 e. The Bertz CT molecular complexity index is 524. The highest BCUT2D eigenvalue weighted by atomic mass is 16.5. The van der Waals surface area contributed by atoms with E-state index >= 15 is 0 Å². The van der Waals surface area contributed by atoms with Crippen LogP contribution in [-0.4, -0.2) is 25.6 Å². The molecule has 126 valence electrons. The monoisotopic (exact) mass is 319 g/mol. The van der Waals surface area contributed by atoms with Crippen LogP contribution in [0.25, 0.3) is 0 Å². The van der Waals surface area contributed by atoms with E-state index in [4.69, 9.17) is 9.47 Å². The maximum absolute atomic E-state index is 11.8. The van der Waals surface area contributed by atoms with Crippen LogP contribution in [0.5, 0.6) is 5.75 Å². The van der Waals surface area contributed by atoms with Gasteiger partial charge in [0.25, 0.3) is 5.91 Å². The number of para-hydroxylation sites is 1. The molecule has 0 atom stereocenters. The van der Waals surface area contributed by atoms with E-state index in [0.717, 1.165) is 17.7 Å². The van der Waals surface area contributed by atoms with Crippen molar-refractivity contribution in [3.05, 3.63) is 29.8 Å². The molecule has 1 saturated carbocycles. The Hall–Kier alpha value is -2.04. The summed E-state index contributed by atoms with van der Waals surface area (Å²) in [5.41, 5.74) is 0.885. The molecule has 0 spiro atoms. The topological polar surface area (TPSA) is 64.6 Å². The van der Waals surface area contributed by atoms with E-state index in [9.17, 15) is 9.59 Å². The summed E-state index contributed by atoms with van der Waals surface area (Å²) < 4.78 is 10.2. The highest BCUT2D eigenvalue weighted by Crippen LogP contribution is 2.28. The van der Waals surface area contributed by atoms with E-state index < -0.39 is 0 Å². The fraction of sp³-hybridized carbons (Fsp3) is 0.556. The number of esters is 1. The van der Waals surface area contributed by atoms with E-state index in [1.54, 1.807) is 7.11 Å². The number of benzene rings is 1. The first-order valence-electron chi connectivity index (χ1n) is 8.23. The molecule has 0 aliphatic heterocycles. The smallest absolute Gasteiger partial charge is 0.306 e. The first kappa shape index (κ1) is 17.3. The summed E-state index contributed by atoms with van der Waals surface area (Å²) in [6, 6.07) is 7.47. The summed E-state index contributed by atoms with van der Waals surface area (Å²) in [4.78, 5) is 23.4. The van der Waals surface area contributed by atoms with Gasteiger partial charge in [0, 0.05) is 18.5 Å². The number of ether oxygens (including phenoxy) is 2. The second-order valence-corrected chi connectivity index (χ2v) is 5.94.